The second kappa shape index (κ2) is 7.30. The molecule has 0 amide bonds. The second-order valence-corrected chi connectivity index (χ2v) is 8.73. The molecule has 2 fully saturated rings. The van der Waals surface area contributed by atoms with E-state index in [9.17, 15) is 8.42 Å². The first-order valence-electron chi connectivity index (χ1n) is 8.42. The first-order chi connectivity index (χ1) is 11.1. The van der Waals surface area contributed by atoms with E-state index < -0.39 is 10.0 Å². The van der Waals surface area contributed by atoms with Crippen molar-refractivity contribution >= 4 is 10.0 Å². The summed E-state index contributed by atoms with van der Waals surface area (Å²) in [5, 5.41) is -0.356. The Hall–Kier alpha value is -0.950. The van der Waals surface area contributed by atoms with Gasteiger partial charge in [0.05, 0.1) is 6.61 Å². The summed E-state index contributed by atoms with van der Waals surface area (Å²) in [5.74, 6) is 0. The van der Waals surface area contributed by atoms with E-state index in [1.807, 2.05) is 25.1 Å². The van der Waals surface area contributed by atoms with Crippen molar-refractivity contribution in [3.8, 4) is 0 Å². The quantitative estimate of drug-likeness (QED) is 0.838. The van der Waals surface area contributed by atoms with Gasteiger partial charge in [-0.1, -0.05) is 30.3 Å². The Morgan fingerprint density at radius 2 is 2.00 bits per heavy atom. The van der Waals surface area contributed by atoms with Gasteiger partial charge in [0, 0.05) is 32.3 Å². The third kappa shape index (κ3) is 3.94. The van der Waals surface area contributed by atoms with Crippen LogP contribution in [0.25, 0.3) is 0 Å². The zero-order valence-electron chi connectivity index (χ0n) is 13.7. The molecule has 2 atom stereocenters. The normalized spacial score (nSPS) is 27.9. The highest BCUT2D eigenvalue weighted by Gasteiger charge is 2.38. The van der Waals surface area contributed by atoms with Crippen molar-refractivity contribution in [2.24, 2.45) is 0 Å². The molecule has 0 N–H and O–H groups in total. The van der Waals surface area contributed by atoms with Gasteiger partial charge < -0.3 is 4.74 Å². The van der Waals surface area contributed by atoms with Gasteiger partial charge in [0.1, 0.15) is 5.25 Å². The van der Waals surface area contributed by atoms with Crippen LogP contribution in [-0.4, -0.2) is 61.8 Å². The minimum atomic E-state index is -3.25. The van der Waals surface area contributed by atoms with Crippen LogP contribution in [-0.2, 0) is 21.3 Å². The SMILES string of the molecule is C[C@H]1CN(Cc2ccccc2)CCCN1S(=O)(=O)[C@H]1CCOC1. The van der Waals surface area contributed by atoms with Crippen molar-refractivity contribution in [3.63, 3.8) is 0 Å². The number of sulfonamides is 1. The van der Waals surface area contributed by atoms with Gasteiger partial charge in [-0.05, 0) is 31.9 Å². The molecular formula is C17H26N2O3S. The highest BCUT2D eigenvalue weighted by atomic mass is 32.2. The zero-order chi connectivity index (χ0) is 16.3. The Morgan fingerprint density at radius 3 is 2.70 bits per heavy atom. The van der Waals surface area contributed by atoms with Crippen molar-refractivity contribution in [3.05, 3.63) is 35.9 Å². The van der Waals surface area contributed by atoms with Crippen LogP contribution < -0.4 is 0 Å². The molecule has 2 saturated heterocycles. The van der Waals surface area contributed by atoms with Gasteiger partial charge in [0.15, 0.2) is 0 Å². The maximum absolute atomic E-state index is 12.8. The third-order valence-corrected chi connectivity index (χ3v) is 7.16. The predicted molar refractivity (Wildman–Crippen MR) is 90.6 cm³/mol. The van der Waals surface area contributed by atoms with E-state index in [0.29, 0.717) is 26.2 Å². The molecule has 0 radical (unpaired) electrons. The van der Waals surface area contributed by atoms with Gasteiger partial charge in [-0.2, -0.15) is 4.31 Å². The Bertz CT molecular complexity index is 600. The van der Waals surface area contributed by atoms with Gasteiger partial charge in [0.25, 0.3) is 0 Å². The lowest BCUT2D eigenvalue weighted by Gasteiger charge is -2.30. The standard InChI is InChI=1S/C17H26N2O3S/c1-15-12-18(13-16-6-3-2-4-7-16)9-5-10-19(15)23(20,21)17-8-11-22-14-17/h2-4,6-7,15,17H,5,8-14H2,1H3/t15-,17-/m0/s1. The van der Waals surface area contributed by atoms with Crippen molar-refractivity contribution in [2.45, 2.75) is 37.6 Å². The first-order valence-corrected chi connectivity index (χ1v) is 9.92. The molecule has 0 bridgehead atoms. The summed E-state index contributed by atoms with van der Waals surface area (Å²) in [5.41, 5.74) is 1.28. The molecule has 128 valence electrons. The fraction of sp³-hybridized carbons (Fsp3) is 0.647. The first kappa shape index (κ1) is 16.9. The number of benzene rings is 1. The number of ether oxygens (including phenoxy) is 1. The Balaban J connectivity index is 1.67. The van der Waals surface area contributed by atoms with E-state index >= 15 is 0 Å². The van der Waals surface area contributed by atoms with Crippen LogP contribution in [0.4, 0.5) is 0 Å². The summed E-state index contributed by atoms with van der Waals surface area (Å²) in [7, 11) is -3.25. The highest BCUT2D eigenvalue weighted by molar-refractivity contribution is 7.89. The monoisotopic (exact) mass is 338 g/mol. The lowest BCUT2D eigenvalue weighted by molar-refractivity contribution is 0.197. The van der Waals surface area contributed by atoms with Crippen LogP contribution in [0.5, 0.6) is 0 Å². The molecule has 2 aliphatic rings. The topological polar surface area (TPSA) is 49.9 Å². The lowest BCUT2D eigenvalue weighted by atomic mass is 10.2. The smallest absolute Gasteiger partial charge is 0.219 e. The van der Waals surface area contributed by atoms with Crippen LogP contribution in [0.2, 0.25) is 0 Å². The molecule has 0 unspecified atom stereocenters. The highest BCUT2D eigenvalue weighted by Crippen LogP contribution is 2.23. The zero-order valence-corrected chi connectivity index (χ0v) is 14.5. The molecular weight excluding hydrogens is 312 g/mol. The predicted octanol–water partition coefficient (Wildman–Crippen LogP) is 1.70. The molecule has 6 heteroatoms. The van der Waals surface area contributed by atoms with Gasteiger partial charge in [-0.25, -0.2) is 8.42 Å². The number of hydrogen-bond donors (Lipinski definition) is 0. The molecule has 3 rings (SSSR count). The summed E-state index contributed by atoms with van der Waals surface area (Å²) in [4.78, 5) is 2.36. The summed E-state index contributed by atoms with van der Waals surface area (Å²) in [6.07, 6.45) is 1.50. The molecule has 1 aromatic rings. The third-order valence-electron chi connectivity index (χ3n) is 4.75. The van der Waals surface area contributed by atoms with E-state index in [1.165, 1.54) is 5.56 Å². The fourth-order valence-electron chi connectivity index (χ4n) is 3.53. The van der Waals surface area contributed by atoms with E-state index in [2.05, 4.69) is 17.0 Å². The van der Waals surface area contributed by atoms with E-state index in [4.69, 9.17) is 4.74 Å². The molecule has 5 nitrogen and oxygen atoms in total. The van der Waals surface area contributed by atoms with Crippen molar-refractivity contribution in [1.82, 2.24) is 9.21 Å². The van der Waals surface area contributed by atoms with Crippen molar-refractivity contribution in [1.29, 1.82) is 0 Å². The molecule has 23 heavy (non-hydrogen) atoms. The number of hydrogen-bond acceptors (Lipinski definition) is 4. The largest absolute Gasteiger partial charge is 0.380 e. The molecule has 2 heterocycles. The lowest BCUT2D eigenvalue weighted by Crippen LogP contribution is -2.46. The van der Waals surface area contributed by atoms with Gasteiger partial charge in [-0.3, -0.25) is 4.90 Å². The Kier molecular flexibility index (Phi) is 5.36. The number of rotatable bonds is 4. The minimum absolute atomic E-state index is 0.00631. The Labute approximate surface area is 139 Å². The maximum atomic E-state index is 12.8. The fourth-order valence-corrected chi connectivity index (χ4v) is 5.53. The number of nitrogens with zero attached hydrogens (tertiary/aromatic N) is 2. The summed E-state index contributed by atoms with van der Waals surface area (Å²) in [6, 6.07) is 10.4. The van der Waals surface area contributed by atoms with Crippen LogP contribution >= 0.6 is 0 Å². The van der Waals surface area contributed by atoms with Crippen LogP contribution in [0, 0.1) is 0 Å². The molecule has 0 aliphatic carbocycles. The Morgan fingerprint density at radius 1 is 1.22 bits per heavy atom. The second-order valence-electron chi connectivity index (χ2n) is 6.56. The molecule has 1 aromatic carbocycles. The van der Waals surface area contributed by atoms with Crippen molar-refractivity contribution < 1.29 is 13.2 Å². The maximum Gasteiger partial charge on any atom is 0.219 e. The van der Waals surface area contributed by atoms with Gasteiger partial charge >= 0.3 is 0 Å². The van der Waals surface area contributed by atoms with E-state index in [-0.39, 0.29) is 11.3 Å². The summed E-state index contributed by atoms with van der Waals surface area (Å²) >= 11 is 0. The summed E-state index contributed by atoms with van der Waals surface area (Å²) in [6.45, 7) is 6.15. The molecule has 2 aliphatic heterocycles. The van der Waals surface area contributed by atoms with E-state index in [1.54, 1.807) is 4.31 Å². The van der Waals surface area contributed by atoms with E-state index in [0.717, 1.165) is 26.1 Å². The molecule has 0 aromatic heterocycles. The average Bonchev–Trinajstić information content (AvgIpc) is 3.01. The van der Waals surface area contributed by atoms with Gasteiger partial charge in [-0.15, -0.1) is 0 Å². The van der Waals surface area contributed by atoms with Crippen LogP contribution in [0.1, 0.15) is 25.3 Å². The minimum Gasteiger partial charge on any atom is -0.380 e. The van der Waals surface area contributed by atoms with Gasteiger partial charge in [0.2, 0.25) is 10.0 Å². The van der Waals surface area contributed by atoms with Crippen LogP contribution in [0.15, 0.2) is 30.3 Å². The van der Waals surface area contributed by atoms with Crippen molar-refractivity contribution in [2.75, 3.05) is 32.8 Å². The molecule has 0 spiro atoms. The molecule has 0 saturated carbocycles. The average molecular weight is 338 g/mol. The summed E-state index contributed by atoms with van der Waals surface area (Å²) < 4.78 is 32.7. The van der Waals surface area contributed by atoms with Crippen LogP contribution in [0.3, 0.4) is 0 Å².